The van der Waals surface area contributed by atoms with Crippen LogP contribution in [0.2, 0.25) is 0 Å². The van der Waals surface area contributed by atoms with Crippen LogP contribution in [0, 0.1) is 6.92 Å². The molecule has 0 saturated heterocycles. The highest BCUT2D eigenvalue weighted by Gasteiger charge is 2.16. The Balaban J connectivity index is 2.25. The van der Waals surface area contributed by atoms with Gasteiger partial charge in [0.25, 0.3) is 0 Å². The molecule has 0 fully saturated rings. The molecule has 100 valence electrons. The molecule has 1 atom stereocenters. The van der Waals surface area contributed by atoms with Crippen molar-refractivity contribution >= 4 is 27.5 Å². The molecule has 0 saturated carbocycles. The highest BCUT2D eigenvalue weighted by molar-refractivity contribution is 9.10. The summed E-state index contributed by atoms with van der Waals surface area (Å²) in [4.78, 5) is 4.38. The van der Waals surface area contributed by atoms with Gasteiger partial charge >= 0.3 is 0 Å². The van der Waals surface area contributed by atoms with Crippen molar-refractivity contribution < 1.29 is 4.74 Å². The van der Waals surface area contributed by atoms with E-state index in [1.54, 1.807) is 13.3 Å². The van der Waals surface area contributed by atoms with Gasteiger partial charge in [0.15, 0.2) is 0 Å². The van der Waals surface area contributed by atoms with Crippen LogP contribution in [0.4, 0.5) is 0 Å². The number of nitrogens with zero attached hydrogens (tertiary/aromatic N) is 1. The third-order valence-electron chi connectivity index (χ3n) is 3.02. The number of aryl methyl sites for hydroxylation is 1. The predicted octanol–water partition coefficient (Wildman–Crippen LogP) is 4.68. The van der Waals surface area contributed by atoms with Gasteiger partial charge in [-0.05, 0) is 30.7 Å². The van der Waals surface area contributed by atoms with Gasteiger partial charge in [-0.2, -0.15) is 0 Å². The van der Waals surface area contributed by atoms with Gasteiger partial charge < -0.3 is 4.74 Å². The molecule has 1 aromatic carbocycles. The molecule has 0 aliphatic rings. The molecule has 0 amide bonds. The van der Waals surface area contributed by atoms with Crippen LogP contribution >= 0.6 is 27.5 Å². The van der Waals surface area contributed by atoms with Crippen LogP contribution in [-0.2, 0) is 6.42 Å². The van der Waals surface area contributed by atoms with Gasteiger partial charge in [0.05, 0.1) is 12.5 Å². The van der Waals surface area contributed by atoms with Crippen molar-refractivity contribution in [2.75, 3.05) is 7.11 Å². The van der Waals surface area contributed by atoms with Crippen molar-refractivity contribution in [3.8, 4) is 5.75 Å². The summed E-state index contributed by atoms with van der Waals surface area (Å²) in [5.41, 5.74) is 3.16. The van der Waals surface area contributed by atoms with E-state index in [2.05, 4.69) is 20.9 Å². The van der Waals surface area contributed by atoms with Crippen molar-refractivity contribution in [1.29, 1.82) is 0 Å². The first-order chi connectivity index (χ1) is 9.11. The number of rotatable bonds is 4. The highest BCUT2D eigenvalue weighted by atomic mass is 79.9. The third kappa shape index (κ3) is 3.48. The summed E-state index contributed by atoms with van der Waals surface area (Å²) in [6.07, 6.45) is 2.48. The van der Waals surface area contributed by atoms with Crippen molar-refractivity contribution in [1.82, 2.24) is 4.98 Å². The summed E-state index contributed by atoms with van der Waals surface area (Å²) >= 11 is 9.94. The Bertz CT molecular complexity index is 574. The van der Waals surface area contributed by atoms with Gasteiger partial charge in [-0.25, -0.2) is 0 Å². The largest absolute Gasteiger partial charge is 0.496 e. The van der Waals surface area contributed by atoms with Crippen LogP contribution in [0.25, 0.3) is 0 Å². The molecule has 0 radical (unpaired) electrons. The summed E-state index contributed by atoms with van der Waals surface area (Å²) in [7, 11) is 1.65. The Morgan fingerprint density at radius 3 is 2.84 bits per heavy atom. The Kier molecular flexibility index (Phi) is 4.83. The van der Waals surface area contributed by atoms with Gasteiger partial charge in [0.2, 0.25) is 0 Å². The van der Waals surface area contributed by atoms with Crippen molar-refractivity contribution in [3.05, 3.63) is 57.8 Å². The fourth-order valence-corrected chi connectivity index (χ4v) is 2.62. The number of benzene rings is 1. The Hall–Kier alpha value is -1.06. The number of methoxy groups -OCH3 is 1. The molecule has 1 aromatic heterocycles. The highest BCUT2D eigenvalue weighted by Crippen LogP contribution is 2.34. The maximum Gasteiger partial charge on any atom is 0.124 e. The summed E-state index contributed by atoms with van der Waals surface area (Å²) in [5, 5.41) is -0.156. The fourth-order valence-electron chi connectivity index (χ4n) is 1.96. The topological polar surface area (TPSA) is 22.1 Å². The number of hydrogen-bond donors (Lipinski definition) is 0. The predicted molar refractivity (Wildman–Crippen MR) is 82.0 cm³/mol. The molecule has 4 heteroatoms. The zero-order valence-corrected chi connectivity index (χ0v) is 13.2. The number of halogens is 2. The molecule has 0 spiro atoms. The monoisotopic (exact) mass is 339 g/mol. The standard InChI is InChI=1S/C15H15BrClNO/c1-10-4-3-7-18-14(10)9-13(17)12-6-5-11(16)8-15(12)19-2/h3-8,13H,9H2,1-2H3. The van der Waals surface area contributed by atoms with E-state index >= 15 is 0 Å². The van der Waals surface area contributed by atoms with Crippen molar-refractivity contribution in [2.24, 2.45) is 0 Å². The number of aromatic nitrogens is 1. The third-order valence-corrected chi connectivity index (χ3v) is 3.91. The number of hydrogen-bond acceptors (Lipinski definition) is 2. The molecule has 0 N–H and O–H groups in total. The maximum atomic E-state index is 6.51. The van der Waals surface area contributed by atoms with E-state index in [1.807, 2.05) is 37.3 Å². The first kappa shape index (κ1) is 14.4. The van der Waals surface area contributed by atoms with E-state index in [0.29, 0.717) is 6.42 Å². The van der Waals surface area contributed by atoms with Gasteiger partial charge in [-0.1, -0.05) is 28.1 Å². The summed E-state index contributed by atoms with van der Waals surface area (Å²) in [6.45, 7) is 2.05. The van der Waals surface area contributed by atoms with E-state index in [1.165, 1.54) is 0 Å². The average molecular weight is 341 g/mol. The molecular formula is C15H15BrClNO. The molecule has 2 aromatic rings. The lowest BCUT2D eigenvalue weighted by molar-refractivity contribution is 0.408. The second-order valence-corrected chi connectivity index (χ2v) is 5.77. The number of pyridine rings is 1. The molecule has 2 nitrogen and oxygen atoms in total. The van der Waals surface area contributed by atoms with Crippen molar-refractivity contribution in [3.63, 3.8) is 0 Å². The van der Waals surface area contributed by atoms with E-state index in [9.17, 15) is 0 Å². The van der Waals surface area contributed by atoms with Gasteiger partial charge in [0.1, 0.15) is 5.75 Å². The minimum absolute atomic E-state index is 0.156. The number of alkyl halides is 1. The molecule has 19 heavy (non-hydrogen) atoms. The second-order valence-electron chi connectivity index (χ2n) is 4.32. The van der Waals surface area contributed by atoms with Crippen LogP contribution in [-0.4, -0.2) is 12.1 Å². The van der Waals surface area contributed by atoms with Gasteiger partial charge in [-0.3, -0.25) is 4.98 Å². The van der Waals surface area contributed by atoms with Crippen LogP contribution in [0.1, 0.15) is 22.2 Å². The Morgan fingerprint density at radius 2 is 2.16 bits per heavy atom. The zero-order chi connectivity index (χ0) is 13.8. The van der Waals surface area contributed by atoms with Gasteiger partial charge in [0, 0.05) is 28.3 Å². The van der Waals surface area contributed by atoms with Crippen molar-refractivity contribution in [2.45, 2.75) is 18.7 Å². The van der Waals surface area contributed by atoms with Crippen LogP contribution < -0.4 is 4.74 Å². The van der Waals surface area contributed by atoms with Crippen LogP contribution in [0.5, 0.6) is 5.75 Å². The lowest BCUT2D eigenvalue weighted by Gasteiger charge is -2.15. The average Bonchev–Trinajstić information content (AvgIpc) is 2.41. The second kappa shape index (κ2) is 6.40. The quantitative estimate of drug-likeness (QED) is 0.754. The van der Waals surface area contributed by atoms with E-state index in [0.717, 1.165) is 27.0 Å². The Morgan fingerprint density at radius 1 is 1.37 bits per heavy atom. The normalized spacial score (nSPS) is 12.2. The lowest BCUT2D eigenvalue weighted by Crippen LogP contribution is -2.02. The van der Waals surface area contributed by atoms with E-state index in [4.69, 9.17) is 16.3 Å². The maximum absolute atomic E-state index is 6.51. The summed E-state index contributed by atoms with van der Waals surface area (Å²) < 4.78 is 6.36. The molecule has 1 unspecified atom stereocenters. The van der Waals surface area contributed by atoms with E-state index in [-0.39, 0.29) is 5.38 Å². The molecule has 0 aliphatic heterocycles. The first-order valence-corrected chi connectivity index (χ1v) is 7.22. The molecule has 2 rings (SSSR count). The molecular weight excluding hydrogens is 326 g/mol. The minimum Gasteiger partial charge on any atom is -0.496 e. The minimum atomic E-state index is -0.156. The van der Waals surface area contributed by atoms with Crippen LogP contribution in [0.15, 0.2) is 41.0 Å². The zero-order valence-electron chi connectivity index (χ0n) is 10.9. The first-order valence-electron chi connectivity index (χ1n) is 6.00. The summed E-state index contributed by atoms with van der Waals surface area (Å²) in [6, 6.07) is 9.86. The Labute approximate surface area is 126 Å². The van der Waals surface area contributed by atoms with Crippen LogP contribution in [0.3, 0.4) is 0 Å². The summed E-state index contributed by atoms with van der Waals surface area (Å²) in [5.74, 6) is 0.794. The smallest absolute Gasteiger partial charge is 0.124 e. The molecule has 0 bridgehead atoms. The molecule has 0 aliphatic carbocycles. The fraction of sp³-hybridized carbons (Fsp3) is 0.267. The SMILES string of the molecule is COc1cc(Br)ccc1C(Cl)Cc1ncccc1C. The van der Waals surface area contributed by atoms with Gasteiger partial charge in [-0.15, -0.1) is 11.6 Å². The lowest BCUT2D eigenvalue weighted by atomic mass is 10.0. The van der Waals surface area contributed by atoms with E-state index < -0.39 is 0 Å². The molecule has 1 heterocycles. The number of ether oxygens (including phenoxy) is 1.